The van der Waals surface area contributed by atoms with Crippen molar-refractivity contribution in [2.45, 2.75) is 9.10 Å². The molecule has 0 saturated carbocycles. The van der Waals surface area contributed by atoms with Crippen molar-refractivity contribution in [2.24, 2.45) is 0 Å². The molecule has 0 N–H and O–H groups in total. The maximum absolute atomic E-state index is 12.6. The van der Waals surface area contributed by atoms with Crippen LogP contribution in [0.3, 0.4) is 0 Å². The van der Waals surface area contributed by atoms with Gasteiger partial charge < -0.3 is 17.8 Å². The molecule has 30 heavy (non-hydrogen) atoms. The predicted octanol–water partition coefficient (Wildman–Crippen LogP) is 3.95. The van der Waals surface area contributed by atoms with Crippen LogP contribution in [-0.4, -0.2) is 31.1 Å². The lowest BCUT2D eigenvalue weighted by molar-refractivity contribution is 0.413. The zero-order valence-electron chi connectivity index (χ0n) is 15.6. The van der Waals surface area contributed by atoms with Gasteiger partial charge in [-0.2, -0.15) is 16.8 Å². The van der Waals surface area contributed by atoms with Crippen molar-refractivity contribution in [1.29, 1.82) is 0 Å². The van der Waals surface area contributed by atoms with E-state index in [2.05, 4.69) is 0 Å². The highest BCUT2D eigenvalue weighted by molar-refractivity contribution is 7.90. The minimum absolute atomic E-state index is 0.0111. The van der Waals surface area contributed by atoms with E-state index in [1.165, 1.54) is 62.8 Å². The number of rotatable bonds is 8. The molecule has 160 valence electrons. The first-order chi connectivity index (χ1) is 14.1. The molecule has 0 atom stereocenters. The number of methoxy groups -OCH3 is 2. The molecule has 0 bridgehead atoms. The Bertz CT molecular complexity index is 1230. The van der Waals surface area contributed by atoms with E-state index >= 15 is 0 Å². The summed E-state index contributed by atoms with van der Waals surface area (Å²) in [5.74, 6) is 1.07. The van der Waals surface area contributed by atoms with Crippen molar-refractivity contribution in [3.05, 3.63) is 58.9 Å². The van der Waals surface area contributed by atoms with Gasteiger partial charge in [-0.1, -0.05) is 11.6 Å². The fourth-order valence-corrected chi connectivity index (χ4v) is 6.43. The quantitative estimate of drug-likeness (QED) is 0.437. The lowest BCUT2D eigenvalue weighted by Crippen LogP contribution is -2.10. The normalized spacial score (nSPS) is 11.7. The molecule has 1 heterocycles. The summed E-state index contributed by atoms with van der Waals surface area (Å²) in [5, 5.41) is 0. The molecule has 0 aliphatic heterocycles. The summed E-state index contributed by atoms with van der Waals surface area (Å²) >= 11 is 6.54. The lowest BCUT2D eigenvalue weighted by atomic mass is 10.3. The molecule has 2 aromatic carbocycles. The van der Waals surface area contributed by atoms with Crippen LogP contribution in [0.25, 0.3) is 0 Å². The molecule has 0 aliphatic carbocycles. The van der Waals surface area contributed by atoms with E-state index in [-0.39, 0.29) is 20.0 Å². The molecule has 1 aromatic heterocycles. The number of halogens is 1. The lowest BCUT2D eigenvalue weighted by Gasteiger charge is -2.07. The Hall–Kier alpha value is -2.47. The average Bonchev–Trinajstić information content (AvgIpc) is 3.12. The molecule has 0 unspecified atom stereocenters. The van der Waals surface area contributed by atoms with Gasteiger partial charge in [-0.3, -0.25) is 0 Å². The number of ether oxygens (including phenoxy) is 2. The van der Waals surface area contributed by atoms with Crippen molar-refractivity contribution in [3.8, 4) is 23.0 Å². The third-order valence-corrected chi connectivity index (χ3v) is 8.23. The van der Waals surface area contributed by atoms with Crippen LogP contribution >= 0.6 is 22.9 Å². The van der Waals surface area contributed by atoms with Crippen LogP contribution in [0, 0.1) is 0 Å². The topological polar surface area (TPSA) is 105 Å². The summed E-state index contributed by atoms with van der Waals surface area (Å²) in [7, 11) is -5.77. The average molecular weight is 491 g/mol. The van der Waals surface area contributed by atoms with Crippen LogP contribution in [0.1, 0.15) is 0 Å². The maximum Gasteiger partial charge on any atom is 0.348 e. The standard InChI is InChI=1S/C18H15ClO8S3/c1-24-12-3-7-14(8-4-12)26-29(20,21)16-11-17(28-18(16)19)30(22,23)27-15-9-5-13(25-2)6-10-15/h3-11H,1-2H3. The predicted molar refractivity (Wildman–Crippen MR) is 111 cm³/mol. The highest BCUT2D eigenvalue weighted by Crippen LogP contribution is 2.36. The van der Waals surface area contributed by atoms with Crippen LogP contribution in [0.2, 0.25) is 4.34 Å². The van der Waals surface area contributed by atoms with E-state index in [0.29, 0.717) is 22.8 Å². The number of hydrogen-bond donors (Lipinski definition) is 0. The molecule has 3 rings (SSSR count). The molecule has 0 aliphatic rings. The highest BCUT2D eigenvalue weighted by Gasteiger charge is 2.29. The Morgan fingerprint density at radius 3 is 1.53 bits per heavy atom. The largest absolute Gasteiger partial charge is 0.497 e. The first-order valence-corrected chi connectivity index (χ1v) is 12.1. The molecule has 12 heteroatoms. The highest BCUT2D eigenvalue weighted by atomic mass is 35.5. The number of thiophene rings is 1. The van der Waals surface area contributed by atoms with Crippen LogP contribution in [0.5, 0.6) is 23.0 Å². The molecule has 0 amide bonds. The van der Waals surface area contributed by atoms with Crippen molar-refractivity contribution in [2.75, 3.05) is 14.2 Å². The zero-order valence-corrected chi connectivity index (χ0v) is 18.8. The summed E-state index contributed by atoms with van der Waals surface area (Å²) < 4.78 is 69.6. The minimum Gasteiger partial charge on any atom is -0.497 e. The molecule has 0 fully saturated rings. The maximum atomic E-state index is 12.6. The Kier molecular flexibility index (Phi) is 6.46. The molecular weight excluding hydrogens is 476 g/mol. The number of hydrogen-bond acceptors (Lipinski definition) is 9. The summed E-state index contributed by atoms with van der Waals surface area (Å²) in [5.41, 5.74) is 0. The summed E-state index contributed by atoms with van der Waals surface area (Å²) in [6, 6.07) is 12.5. The monoisotopic (exact) mass is 490 g/mol. The Morgan fingerprint density at radius 2 is 1.10 bits per heavy atom. The van der Waals surface area contributed by atoms with Crippen LogP contribution < -0.4 is 17.8 Å². The first-order valence-electron chi connectivity index (χ1n) is 8.11. The minimum atomic E-state index is -4.38. The van der Waals surface area contributed by atoms with E-state index in [1.54, 1.807) is 0 Å². The van der Waals surface area contributed by atoms with Gasteiger partial charge in [0.2, 0.25) is 0 Å². The second kappa shape index (κ2) is 8.72. The molecule has 0 radical (unpaired) electrons. The van der Waals surface area contributed by atoms with E-state index in [9.17, 15) is 16.8 Å². The summed E-state index contributed by atoms with van der Waals surface area (Å²) in [6.45, 7) is 0. The molecule has 8 nitrogen and oxygen atoms in total. The van der Waals surface area contributed by atoms with Gasteiger partial charge >= 0.3 is 20.2 Å². The fraction of sp³-hybridized carbons (Fsp3) is 0.111. The Labute approximate surface area is 182 Å². The van der Waals surface area contributed by atoms with Crippen molar-refractivity contribution >= 4 is 43.2 Å². The van der Waals surface area contributed by atoms with Gasteiger partial charge in [0, 0.05) is 0 Å². The zero-order chi connectivity index (χ0) is 21.9. The van der Waals surface area contributed by atoms with E-state index in [0.717, 1.165) is 6.07 Å². The van der Waals surface area contributed by atoms with Gasteiger partial charge in [-0.15, -0.1) is 11.3 Å². The third kappa shape index (κ3) is 4.98. The van der Waals surface area contributed by atoms with E-state index < -0.39 is 25.1 Å². The van der Waals surface area contributed by atoms with E-state index in [1.807, 2.05) is 0 Å². The second-order valence-electron chi connectivity index (χ2n) is 5.63. The van der Waals surface area contributed by atoms with Crippen molar-refractivity contribution in [3.63, 3.8) is 0 Å². The van der Waals surface area contributed by atoms with Gasteiger partial charge in [-0.05, 0) is 54.6 Å². The van der Waals surface area contributed by atoms with E-state index in [4.69, 9.17) is 29.4 Å². The SMILES string of the molecule is COc1ccc(OS(=O)(=O)c2cc(S(=O)(=O)Oc3ccc(OC)cc3)c(Cl)s2)cc1. The smallest absolute Gasteiger partial charge is 0.348 e. The second-order valence-corrected chi connectivity index (χ2v) is 10.6. The summed E-state index contributed by atoms with van der Waals surface area (Å²) in [4.78, 5) is -0.484. The van der Waals surface area contributed by atoms with Crippen LogP contribution in [0.15, 0.2) is 63.7 Å². The molecule has 0 saturated heterocycles. The Morgan fingerprint density at radius 1 is 0.700 bits per heavy atom. The molecule has 0 spiro atoms. The third-order valence-electron chi connectivity index (χ3n) is 3.68. The van der Waals surface area contributed by atoms with Gasteiger partial charge in [-0.25, -0.2) is 0 Å². The van der Waals surface area contributed by atoms with Gasteiger partial charge in [0.05, 0.1) is 14.2 Å². The van der Waals surface area contributed by atoms with Crippen molar-refractivity contribution in [1.82, 2.24) is 0 Å². The van der Waals surface area contributed by atoms with Crippen LogP contribution in [-0.2, 0) is 20.2 Å². The summed E-state index contributed by atoms with van der Waals surface area (Å²) in [6.07, 6.45) is 0. The number of benzene rings is 2. The van der Waals surface area contributed by atoms with Gasteiger partial charge in [0.25, 0.3) is 0 Å². The van der Waals surface area contributed by atoms with Crippen molar-refractivity contribution < 1.29 is 34.7 Å². The Balaban J connectivity index is 1.85. The van der Waals surface area contributed by atoms with Crippen LogP contribution in [0.4, 0.5) is 0 Å². The van der Waals surface area contributed by atoms with Gasteiger partial charge in [0.15, 0.2) is 4.21 Å². The molecule has 3 aromatic rings. The van der Waals surface area contributed by atoms with Gasteiger partial charge in [0.1, 0.15) is 32.2 Å². The molecular formula is C18H15ClO8S3. The first kappa shape index (κ1) is 22.2. The fourth-order valence-electron chi connectivity index (χ4n) is 2.23.